The van der Waals surface area contributed by atoms with Gasteiger partial charge in [0.15, 0.2) is 0 Å². The number of hydrogen-bond donors (Lipinski definition) is 0. The van der Waals surface area contributed by atoms with E-state index in [4.69, 9.17) is 0 Å². The lowest BCUT2D eigenvalue weighted by Gasteiger charge is -2.32. The number of piperazine rings is 1. The predicted octanol–water partition coefficient (Wildman–Crippen LogP) is 3.32. The summed E-state index contributed by atoms with van der Waals surface area (Å²) in [5.41, 5.74) is 0.516. The second kappa shape index (κ2) is 8.74. The Hall–Kier alpha value is -1.61. The van der Waals surface area contributed by atoms with Gasteiger partial charge in [-0.1, -0.05) is 50.3 Å². The van der Waals surface area contributed by atoms with E-state index in [0.717, 1.165) is 31.7 Å². The van der Waals surface area contributed by atoms with Crippen molar-refractivity contribution in [2.24, 2.45) is 0 Å². The number of Topliss-reactive ketones (excluding diaryl/α,β-unsaturated/α-hetero) is 1. The van der Waals surface area contributed by atoms with Gasteiger partial charge >= 0.3 is 0 Å². The van der Waals surface area contributed by atoms with Gasteiger partial charge in [-0.2, -0.15) is 0 Å². The van der Waals surface area contributed by atoms with Crippen molar-refractivity contribution in [3.63, 3.8) is 0 Å². The Bertz CT molecular complexity index is 475. The Kier molecular flexibility index (Phi) is 7.33. The monoisotopic (exact) mass is 302 g/mol. The predicted molar refractivity (Wildman–Crippen MR) is 94.0 cm³/mol. The number of nitrogens with zero attached hydrogens (tertiary/aromatic N) is 2. The molecule has 0 aliphatic carbocycles. The van der Waals surface area contributed by atoms with Crippen molar-refractivity contribution in [2.45, 2.75) is 33.1 Å². The number of allylic oxidation sites excluding steroid dienone is 1. The molecule has 0 radical (unpaired) electrons. The van der Waals surface area contributed by atoms with E-state index in [9.17, 15) is 4.79 Å². The molecule has 3 heteroatoms. The van der Waals surface area contributed by atoms with E-state index in [1.54, 1.807) is 6.92 Å². The van der Waals surface area contributed by atoms with Crippen molar-refractivity contribution in [2.75, 3.05) is 33.2 Å². The molecule has 2 rings (SSSR count). The average molecular weight is 302 g/mol. The number of benzene rings is 1. The van der Waals surface area contributed by atoms with E-state index >= 15 is 0 Å². The second-order valence-electron chi connectivity index (χ2n) is 5.78. The summed E-state index contributed by atoms with van der Waals surface area (Å²) in [7, 11) is 2.14. The molecular weight excluding hydrogens is 272 g/mol. The minimum Gasteiger partial charge on any atom is -0.375 e. The molecule has 1 saturated heterocycles. The smallest absolute Gasteiger partial charge is 0.143 e. The molecule has 1 atom stereocenters. The Labute approximate surface area is 135 Å². The van der Waals surface area contributed by atoms with Crippen LogP contribution in [0.15, 0.2) is 42.6 Å². The molecular formula is C19H30N2O. The summed E-state index contributed by atoms with van der Waals surface area (Å²) in [6.45, 7) is 11.9. The van der Waals surface area contributed by atoms with Crippen LogP contribution in [-0.4, -0.2) is 48.8 Å². The second-order valence-corrected chi connectivity index (χ2v) is 5.78. The maximum Gasteiger partial charge on any atom is 0.143 e. The molecule has 1 aliphatic heterocycles. The van der Waals surface area contributed by atoms with Crippen molar-refractivity contribution in [1.29, 1.82) is 0 Å². The van der Waals surface area contributed by atoms with Gasteiger partial charge in [0, 0.05) is 26.2 Å². The highest BCUT2D eigenvalue weighted by atomic mass is 16.1. The molecule has 0 aromatic heterocycles. The van der Waals surface area contributed by atoms with Crippen LogP contribution < -0.4 is 0 Å². The lowest BCUT2D eigenvalue weighted by Crippen LogP contribution is -2.42. The summed E-state index contributed by atoms with van der Waals surface area (Å²) in [5.74, 6) is 0.175. The zero-order valence-electron chi connectivity index (χ0n) is 14.7. The van der Waals surface area contributed by atoms with Gasteiger partial charge in [0.2, 0.25) is 0 Å². The molecule has 0 spiro atoms. The van der Waals surface area contributed by atoms with Gasteiger partial charge in [0.1, 0.15) is 5.78 Å². The summed E-state index contributed by atoms with van der Waals surface area (Å²) < 4.78 is 0. The third-order valence-corrected chi connectivity index (χ3v) is 4.26. The van der Waals surface area contributed by atoms with E-state index in [2.05, 4.69) is 29.1 Å². The number of carbonyl (C=O) groups is 1. The molecule has 1 aromatic rings. The first kappa shape index (κ1) is 18.4. The zero-order valence-corrected chi connectivity index (χ0v) is 14.7. The summed E-state index contributed by atoms with van der Waals surface area (Å²) >= 11 is 0. The number of hydrogen-bond acceptors (Lipinski definition) is 3. The van der Waals surface area contributed by atoms with Crippen molar-refractivity contribution >= 4 is 5.78 Å². The third-order valence-electron chi connectivity index (χ3n) is 4.26. The highest BCUT2D eigenvalue weighted by molar-refractivity contribution is 5.89. The lowest BCUT2D eigenvalue weighted by atomic mass is 9.79. The summed E-state index contributed by atoms with van der Waals surface area (Å²) in [4.78, 5) is 16.7. The number of likely N-dealkylation sites (N-methyl/N-ethyl adjacent to an activating group) is 1. The summed E-state index contributed by atoms with van der Waals surface area (Å²) in [5, 5.41) is 0. The fraction of sp³-hybridized carbons (Fsp3) is 0.526. The van der Waals surface area contributed by atoms with Crippen LogP contribution in [0.1, 0.15) is 33.3 Å². The zero-order chi connectivity index (χ0) is 16.6. The van der Waals surface area contributed by atoms with Gasteiger partial charge < -0.3 is 9.80 Å². The maximum atomic E-state index is 12.1. The molecule has 3 nitrogen and oxygen atoms in total. The SMILES string of the molecule is CC.CC(=O)C(C)(/C=C/N1CCN(C)CC1)c1ccccc1. The molecule has 1 aliphatic rings. The van der Waals surface area contributed by atoms with Crippen LogP contribution in [0.25, 0.3) is 0 Å². The molecule has 0 saturated carbocycles. The van der Waals surface area contributed by atoms with Crippen molar-refractivity contribution < 1.29 is 4.79 Å². The molecule has 1 fully saturated rings. The molecule has 0 bridgehead atoms. The number of rotatable bonds is 4. The lowest BCUT2D eigenvalue weighted by molar-refractivity contribution is -0.120. The van der Waals surface area contributed by atoms with Crippen molar-refractivity contribution in [1.82, 2.24) is 9.80 Å². The van der Waals surface area contributed by atoms with E-state index < -0.39 is 5.41 Å². The number of ketones is 1. The Morgan fingerprint density at radius 3 is 2.14 bits per heavy atom. The van der Waals surface area contributed by atoms with Gasteiger partial charge in [0.05, 0.1) is 5.41 Å². The molecule has 122 valence electrons. The van der Waals surface area contributed by atoms with Gasteiger partial charge in [-0.25, -0.2) is 0 Å². The Balaban J connectivity index is 0.00000116. The Morgan fingerprint density at radius 1 is 1.09 bits per heavy atom. The quantitative estimate of drug-likeness (QED) is 0.852. The first-order valence-corrected chi connectivity index (χ1v) is 8.21. The van der Waals surface area contributed by atoms with Crippen LogP contribution in [0.5, 0.6) is 0 Å². The first-order chi connectivity index (χ1) is 10.5. The van der Waals surface area contributed by atoms with E-state index in [1.807, 2.05) is 51.1 Å². The van der Waals surface area contributed by atoms with Gasteiger partial charge in [-0.3, -0.25) is 4.79 Å². The number of carbonyl (C=O) groups excluding carboxylic acids is 1. The van der Waals surface area contributed by atoms with Crippen LogP contribution in [0.4, 0.5) is 0 Å². The largest absolute Gasteiger partial charge is 0.375 e. The first-order valence-electron chi connectivity index (χ1n) is 8.21. The molecule has 0 amide bonds. The highest BCUT2D eigenvalue weighted by Crippen LogP contribution is 2.26. The fourth-order valence-corrected chi connectivity index (χ4v) is 2.43. The minimum atomic E-state index is -0.537. The fourth-order valence-electron chi connectivity index (χ4n) is 2.43. The molecule has 0 N–H and O–H groups in total. The highest BCUT2D eigenvalue weighted by Gasteiger charge is 2.29. The molecule has 1 heterocycles. The normalized spacial score (nSPS) is 18.5. The van der Waals surface area contributed by atoms with Gasteiger partial charge in [0.25, 0.3) is 0 Å². The van der Waals surface area contributed by atoms with Crippen molar-refractivity contribution in [3.8, 4) is 0 Å². The molecule has 1 aromatic carbocycles. The van der Waals surface area contributed by atoms with Crippen LogP contribution in [-0.2, 0) is 10.2 Å². The van der Waals surface area contributed by atoms with Crippen LogP contribution in [0.3, 0.4) is 0 Å². The van der Waals surface area contributed by atoms with Crippen molar-refractivity contribution in [3.05, 3.63) is 48.2 Å². The van der Waals surface area contributed by atoms with E-state index in [1.165, 1.54) is 0 Å². The summed E-state index contributed by atoms with van der Waals surface area (Å²) in [6.07, 6.45) is 4.15. The standard InChI is InChI=1S/C17H24N2O.C2H6/c1-15(20)17(2,16-7-5-4-6-8-16)9-10-19-13-11-18(3)12-14-19;1-2/h4-10H,11-14H2,1-3H3;1-2H3/b10-9+;. The molecule has 22 heavy (non-hydrogen) atoms. The summed E-state index contributed by atoms with van der Waals surface area (Å²) in [6, 6.07) is 10.0. The average Bonchev–Trinajstić information content (AvgIpc) is 2.56. The van der Waals surface area contributed by atoms with Crippen LogP contribution in [0, 0.1) is 0 Å². The van der Waals surface area contributed by atoms with Gasteiger partial charge in [-0.15, -0.1) is 0 Å². The van der Waals surface area contributed by atoms with Crippen LogP contribution >= 0.6 is 0 Å². The van der Waals surface area contributed by atoms with Crippen LogP contribution in [0.2, 0.25) is 0 Å². The van der Waals surface area contributed by atoms with E-state index in [-0.39, 0.29) is 5.78 Å². The Morgan fingerprint density at radius 2 is 1.64 bits per heavy atom. The third kappa shape index (κ3) is 4.70. The molecule has 1 unspecified atom stereocenters. The maximum absolute atomic E-state index is 12.1. The topological polar surface area (TPSA) is 23.6 Å². The van der Waals surface area contributed by atoms with Gasteiger partial charge in [-0.05, 0) is 32.7 Å². The minimum absolute atomic E-state index is 0.175. The van der Waals surface area contributed by atoms with E-state index in [0.29, 0.717) is 0 Å².